The summed E-state index contributed by atoms with van der Waals surface area (Å²) in [6.07, 6.45) is 0.288. The van der Waals surface area contributed by atoms with Crippen molar-refractivity contribution in [2.45, 2.75) is 19.4 Å². The molecule has 0 fully saturated rings. The van der Waals surface area contributed by atoms with Crippen molar-refractivity contribution in [1.29, 1.82) is 0 Å². The highest BCUT2D eigenvalue weighted by molar-refractivity contribution is 5.79. The summed E-state index contributed by atoms with van der Waals surface area (Å²) in [4.78, 5) is 8.62. The maximum absolute atomic E-state index is 9.47. The fraction of sp³-hybridized carbons (Fsp3) is 0.333. The largest absolute Gasteiger partial charge is 0.391 e. The zero-order valence-electron chi connectivity index (χ0n) is 9.72. The number of nitrogens with zero attached hydrogens (tertiary/aromatic N) is 2. The topological polar surface area (TPSA) is 84.1 Å². The van der Waals surface area contributed by atoms with E-state index in [1.807, 2.05) is 31.2 Å². The molecule has 0 radical (unpaired) electrons. The van der Waals surface area contributed by atoms with Crippen molar-refractivity contribution in [3.63, 3.8) is 0 Å². The van der Waals surface area contributed by atoms with Gasteiger partial charge in [-0.05, 0) is 18.6 Å². The van der Waals surface area contributed by atoms with Gasteiger partial charge >= 0.3 is 0 Å². The van der Waals surface area contributed by atoms with Crippen molar-refractivity contribution in [3.8, 4) is 0 Å². The van der Waals surface area contributed by atoms with Gasteiger partial charge in [0.2, 0.25) is 0 Å². The van der Waals surface area contributed by atoms with Crippen LogP contribution in [-0.4, -0.2) is 27.7 Å². The third-order valence-corrected chi connectivity index (χ3v) is 2.57. The molecule has 5 heteroatoms. The number of anilines is 2. The number of benzene rings is 1. The molecule has 0 aliphatic rings. The minimum Gasteiger partial charge on any atom is -0.391 e. The predicted octanol–water partition coefficient (Wildman–Crippen LogP) is 1.39. The maximum atomic E-state index is 9.47. The lowest BCUT2D eigenvalue weighted by Gasteiger charge is -2.11. The van der Waals surface area contributed by atoms with E-state index in [0.29, 0.717) is 24.6 Å². The van der Waals surface area contributed by atoms with E-state index in [2.05, 4.69) is 15.3 Å². The lowest BCUT2D eigenvalue weighted by atomic mass is 10.3. The Kier molecular flexibility index (Phi) is 3.39. The van der Waals surface area contributed by atoms with Crippen molar-refractivity contribution >= 4 is 22.7 Å². The van der Waals surface area contributed by atoms with E-state index in [4.69, 9.17) is 5.73 Å². The van der Waals surface area contributed by atoms with Gasteiger partial charge < -0.3 is 16.2 Å². The first-order chi connectivity index (χ1) is 8.20. The van der Waals surface area contributed by atoms with Crippen LogP contribution >= 0.6 is 0 Å². The van der Waals surface area contributed by atoms with Crippen LogP contribution in [0.5, 0.6) is 0 Å². The normalized spacial score (nSPS) is 12.6. The van der Waals surface area contributed by atoms with Crippen molar-refractivity contribution < 1.29 is 5.11 Å². The van der Waals surface area contributed by atoms with E-state index >= 15 is 0 Å². The molecule has 2 rings (SSSR count). The smallest absolute Gasteiger partial charge is 0.169 e. The number of nitrogen functional groups attached to an aromatic ring is 1. The molecule has 1 unspecified atom stereocenters. The van der Waals surface area contributed by atoms with Crippen LogP contribution in [0.2, 0.25) is 0 Å². The Balaban J connectivity index is 2.25. The minimum absolute atomic E-state index is 0.354. The molecule has 2 aromatic rings. The number of nitrogens with two attached hydrogens (primary N) is 1. The van der Waals surface area contributed by atoms with Crippen LogP contribution in [0.25, 0.3) is 11.0 Å². The number of nitrogens with one attached hydrogen (secondary N) is 1. The van der Waals surface area contributed by atoms with Crippen LogP contribution in [0.1, 0.15) is 13.3 Å². The zero-order valence-corrected chi connectivity index (χ0v) is 9.72. The number of aromatic nitrogens is 2. The van der Waals surface area contributed by atoms with Gasteiger partial charge in [0.05, 0.1) is 17.1 Å². The molecule has 4 N–H and O–H groups in total. The van der Waals surface area contributed by atoms with Gasteiger partial charge in [0.1, 0.15) is 0 Å². The van der Waals surface area contributed by atoms with Crippen molar-refractivity contribution in [2.24, 2.45) is 0 Å². The summed E-state index contributed by atoms with van der Waals surface area (Å²) < 4.78 is 0. The highest BCUT2D eigenvalue weighted by Crippen LogP contribution is 2.18. The molecule has 17 heavy (non-hydrogen) atoms. The minimum atomic E-state index is -0.400. The molecule has 0 spiro atoms. The highest BCUT2D eigenvalue weighted by atomic mass is 16.3. The second kappa shape index (κ2) is 4.97. The summed E-state index contributed by atoms with van der Waals surface area (Å²) in [7, 11) is 0. The van der Waals surface area contributed by atoms with Crippen LogP contribution in [-0.2, 0) is 0 Å². The molecule has 1 aromatic heterocycles. The van der Waals surface area contributed by atoms with Crippen LogP contribution in [0.15, 0.2) is 24.3 Å². The standard InChI is InChI=1S/C12H16N4O/c1-2-8(17)7-14-12-11(13)15-9-5-3-4-6-10(9)16-12/h3-6,8,17H,2,7H2,1H3,(H2,13,15)(H,14,16). The number of rotatable bonds is 4. The van der Waals surface area contributed by atoms with Crippen LogP contribution < -0.4 is 11.1 Å². The summed E-state index contributed by atoms with van der Waals surface area (Å²) in [5.74, 6) is 0.878. The molecule has 0 bridgehead atoms. The van der Waals surface area contributed by atoms with E-state index < -0.39 is 6.10 Å². The van der Waals surface area contributed by atoms with E-state index in [9.17, 15) is 5.11 Å². The first-order valence-corrected chi connectivity index (χ1v) is 5.65. The van der Waals surface area contributed by atoms with Crippen molar-refractivity contribution in [1.82, 2.24) is 9.97 Å². The van der Waals surface area contributed by atoms with E-state index in [-0.39, 0.29) is 0 Å². The fourth-order valence-electron chi connectivity index (χ4n) is 1.50. The molecule has 1 atom stereocenters. The van der Waals surface area contributed by atoms with Gasteiger partial charge in [-0.15, -0.1) is 0 Å². The molecule has 0 saturated heterocycles. The lowest BCUT2D eigenvalue weighted by molar-refractivity contribution is 0.183. The Hall–Kier alpha value is -1.88. The fourth-order valence-corrected chi connectivity index (χ4v) is 1.50. The number of hydrogen-bond acceptors (Lipinski definition) is 5. The Morgan fingerprint density at radius 2 is 1.94 bits per heavy atom. The lowest BCUT2D eigenvalue weighted by Crippen LogP contribution is -2.19. The van der Waals surface area contributed by atoms with Crippen LogP contribution in [0.3, 0.4) is 0 Å². The zero-order chi connectivity index (χ0) is 12.3. The maximum Gasteiger partial charge on any atom is 0.169 e. The number of para-hydroxylation sites is 2. The van der Waals surface area contributed by atoms with Gasteiger partial charge in [-0.2, -0.15) is 0 Å². The highest BCUT2D eigenvalue weighted by Gasteiger charge is 2.07. The Bertz CT molecular complexity index is 515. The average molecular weight is 232 g/mol. The summed E-state index contributed by atoms with van der Waals surface area (Å²) in [5.41, 5.74) is 7.35. The average Bonchev–Trinajstić information content (AvgIpc) is 2.35. The first-order valence-electron chi connectivity index (χ1n) is 5.65. The molecule has 0 amide bonds. The molecule has 0 aliphatic heterocycles. The van der Waals surface area contributed by atoms with E-state index in [1.54, 1.807) is 0 Å². The van der Waals surface area contributed by atoms with Crippen LogP contribution in [0.4, 0.5) is 11.6 Å². The number of hydrogen-bond donors (Lipinski definition) is 3. The van der Waals surface area contributed by atoms with Gasteiger partial charge in [0.25, 0.3) is 0 Å². The SMILES string of the molecule is CCC(O)CNc1nc2ccccc2nc1N. The molecule has 5 nitrogen and oxygen atoms in total. The Morgan fingerprint density at radius 1 is 1.29 bits per heavy atom. The molecule has 0 aliphatic carbocycles. The summed E-state index contributed by atoms with van der Waals surface area (Å²) in [6, 6.07) is 7.54. The van der Waals surface area contributed by atoms with Gasteiger partial charge in [0.15, 0.2) is 11.6 Å². The number of aliphatic hydroxyl groups excluding tert-OH is 1. The third kappa shape index (κ3) is 2.62. The first kappa shape index (κ1) is 11.6. The predicted molar refractivity (Wildman–Crippen MR) is 68.7 cm³/mol. The van der Waals surface area contributed by atoms with Gasteiger partial charge in [-0.25, -0.2) is 9.97 Å². The molecule has 0 saturated carbocycles. The molecular weight excluding hydrogens is 216 g/mol. The van der Waals surface area contributed by atoms with Gasteiger partial charge in [0, 0.05) is 6.54 Å². The van der Waals surface area contributed by atoms with Crippen LogP contribution in [0, 0.1) is 0 Å². The second-order valence-corrected chi connectivity index (χ2v) is 3.89. The van der Waals surface area contributed by atoms with E-state index in [1.165, 1.54) is 0 Å². The molecule has 1 heterocycles. The third-order valence-electron chi connectivity index (χ3n) is 2.57. The summed E-state index contributed by atoms with van der Waals surface area (Å²) in [6.45, 7) is 2.34. The molecule has 1 aromatic carbocycles. The second-order valence-electron chi connectivity index (χ2n) is 3.89. The number of fused-ring (bicyclic) bond motifs is 1. The Morgan fingerprint density at radius 3 is 2.59 bits per heavy atom. The van der Waals surface area contributed by atoms with E-state index in [0.717, 1.165) is 11.0 Å². The summed E-state index contributed by atoms with van der Waals surface area (Å²) >= 11 is 0. The van der Waals surface area contributed by atoms with Crippen molar-refractivity contribution in [3.05, 3.63) is 24.3 Å². The Labute approximate surface area is 99.7 Å². The quantitative estimate of drug-likeness (QED) is 0.742. The molecular formula is C12H16N4O. The van der Waals surface area contributed by atoms with Crippen molar-refractivity contribution in [2.75, 3.05) is 17.6 Å². The van der Waals surface area contributed by atoms with Gasteiger partial charge in [-0.1, -0.05) is 19.1 Å². The monoisotopic (exact) mass is 232 g/mol. The number of aliphatic hydroxyl groups is 1. The summed E-state index contributed by atoms with van der Waals surface area (Å²) in [5, 5.41) is 12.5. The molecule has 90 valence electrons. The van der Waals surface area contributed by atoms with Gasteiger partial charge in [-0.3, -0.25) is 0 Å².